The SMILES string of the molecule is C/C=C\Cc1[nH]c(/C(NC)=C2\C(N)=NC=CN2CC2CCC(COCNc3ccccn3)CC2)cc1CC.CC. The fourth-order valence-electron chi connectivity index (χ4n) is 5.37. The normalized spacial score (nSPS) is 20.1. The lowest BCUT2D eigenvalue weighted by Gasteiger charge is -2.34. The molecule has 218 valence electrons. The zero-order chi connectivity index (χ0) is 28.7. The summed E-state index contributed by atoms with van der Waals surface area (Å²) in [6.07, 6.45) is 16.5. The van der Waals surface area contributed by atoms with Crippen molar-refractivity contribution in [1.82, 2.24) is 20.2 Å². The third kappa shape index (κ3) is 8.49. The number of rotatable bonds is 12. The van der Waals surface area contributed by atoms with E-state index in [1.54, 1.807) is 6.20 Å². The summed E-state index contributed by atoms with van der Waals surface area (Å²) in [6.45, 7) is 10.5. The third-order valence-corrected chi connectivity index (χ3v) is 7.47. The van der Waals surface area contributed by atoms with Gasteiger partial charge in [-0.3, -0.25) is 0 Å². The Labute approximate surface area is 240 Å². The van der Waals surface area contributed by atoms with Crippen molar-refractivity contribution in [2.45, 2.75) is 66.2 Å². The van der Waals surface area contributed by atoms with Gasteiger partial charge in [-0.1, -0.05) is 39.0 Å². The molecule has 0 bridgehead atoms. The highest BCUT2D eigenvalue weighted by Crippen LogP contribution is 2.32. The van der Waals surface area contributed by atoms with Gasteiger partial charge in [-0.25, -0.2) is 9.98 Å². The lowest BCUT2D eigenvalue weighted by atomic mass is 9.82. The van der Waals surface area contributed by atoms with Gasteiger partial charge in [-0.2, -0.15) is 0 Å². The summed E-state index contributed by atoms with van der Waals surface area (Å²) < 4.78 is 5.91. The van der Waals surface area contributed by atoms with Crippen molar-refractivity contribution in [2.24, 2.45) is 22.6 Å². The van der Waals surface area contributed by atoms with E-state index in [9.17, 15) is 0 Å². The van der Waals surface area contributed by atoms with Crippen molar-refractivity contribution in [3.8, 4) is 0 Å². The first-order valence-electron chi connectivity index (χ1n) is 14.9. The highest BCUT2D eigenvalue weighted by molar-refractivity contribution is 6.03. The number of nitrogens with one attached hydrogen (secondary N) is 3. The summed E-state index contributed by atoms with van der Waals surface area (Å²) in [5.74, 6) is 2.59. The minimum absolute atomic E-state index is 0.490. The van der Waals surface area contributed by atoms with Crippen LogP contribution in [0.2, 0.25) is 0 Å². The van der Waals surface area contributed by atoms with Crippen LogP contribution >= 0.6 is 0 Å². The standard InChI is InChI=1S/C30H43N7O.C2H6/c1-4-6-9-25-24(5-2)18-26(36-25)28(32-3)29-30(31)34-16-17-37(29)19-22-11-13-23(14-12-22)20-38-21-35-27-10-7-8-15-33-27;1-2/h4,6-8,10,15-18,22-23,32,36H,5,9,11-14,19-21H2,1-3H3,(H2,31,34)(H,33,35);1-2H3/b6-4-,29-28-;. The maximum atomic E-state index is 6.49. The van der Waals surface area contributed by atoms with Gasteiger partial charge in [0.15, 0.2) is 0 Å². The Balaban J connectivity index is 0.00000216. The van der Waals surface area contributed by atoms with Crippen LogP contribution in [0.15, 0.2) is 65.7 Å². The average molecular weight is 548 g/mol. The van der Waals surface area contributed by atoms with Crippen molar-refractivity contribution < 1.29 is 4.74 Å². The smallest absolute Gasteiger partial charge is 0.149 e. The number of pyridine rings is 1. The van der Waals surface area contributed by atoms with Gasteiger partial charge in [-0.15, -0.1) is 0 Å². The van der Waals surface area contributed by atoms with Gasteiger partial charge in [0.05, 0.1) is 18.0 Å². The zero-order valence-electron chi connectivity index (χ0n) is 25.0. The molecule has 8 nitrogen and oxygen atoms in total. The Morgan fingerprint density at radius 3 is 2.65 bits per heavy atom. The van der Waals surface area contributed by atoms with Crippen LogP contribution in [0.4, 0.5) is 5.82 Å². The number of anilines is 1. The molecular weight excluding hydrogens is 498 g/mol. The molecule has 1 aliphatic carbocycles. The molecule has 1 fully saturated rings. The zero-order valence-corrected chi connectivity index (χ0v) is 25.0. The summed E-state index contributed by atoms with van der Waals surface area (Å²) in [6, 6.07) is 8.07. The predicted molar refractivity (Wildman–Crippen MR) is 168 cm³/mol. The molecule has 2 aliphatic rings. The van der Waals surface area contributed by atoms with Gasteiger partial charge in [0.2, 0.25) is 0 Å². The molecule has 1 aliphatic heterocycles. The number of hydrogen-bond donors (Lipinski definition) is 4. The Morgan fingerprint density at radius 2 is 1.98 bits per heavy atom. The van der Waals surface area contributed by atoms with Crippen molar-refractivity contribution in [2.75, 3.05) is 32.2 Å². The summed E-state index contributed by atoms with van der Waals surface area (Å²) >= 11 is 0. The van der Waals surface area contributed by atoms with Gasteiger partial charge >= 0.3 is 0 Å². The highest BCUT2D eigenvalue weighted by Gasteiger charge is 2.27. The van der Waals surface area contributed by atoms with Crippen molar-refractivity contribution in [3.63, 3.8) is 0 Å². The molecule has 0 atom stereocenters. The minimum atomic E-state index is 0.490. The molecule has 0 aromatic carbocycles. The number of ether oxygens (including phenoxy) is 1. The number of hydrogen-bond acceptors (Lipinski definition) is 7. The van der Waals surface area contributed by atoms with Crippen LogP contribution < -0.4 is 16.4 Å². The second-order valence-corrected chi connectivity index (χ2v) is 10.0. The summed E-state index contributed by atoms with van der Waals surface area (Å²) in [4.78, 5) is 14.6. The number of aryl methyl sites for hydroxylation is 1. The van der Waals surface area contributed by atoms with Crippen molar-refractivity contribution >= 4 is 17.4 Å². The van der Waals surface area contributed by atoms with E-state index in [4.69, 9.17) is 10.5 Å². The van der Waals surface area contributed by atoms with Gasteiger partial charge in [0, 0.05) is 44.3 Å². The van der Waals surface area contributed by atoms with Crippen LogP contribution in [0.3, 0.4) is 0 Å². The first-order chi connectivity index (χ1) is 19.6. The van der Waals surface area contributed by atoms with Gasteiger partial charge < -0.3 is 31.0 Å². The summed E-state index contributed by atoms with van der Waals surface area (Å²) in [5.41, 5.74) is 12.0. The van der Waals surface area contributed by atoms with E-state index in [0.29, 0.717) is 24.4 Å². The number of nitrogens with two attached hydrogens (primary N) is 1. The maximum absolute atomic E-state index is 6.49. The van der Waals surface area contributed by atoms with Crippen LogP contribution in [0, 0.1) is 11.8 Å². The Morgan fingerprint density at radius 1 is 1.20 bits per heavy atom. The molecule has 0 spiro atoms. The van der Waals surface area contributed by atoms with Gasteiger partial charge in [-0.05, 0) is 74.6 Å². The van der Waals surface area contributed by atoms with Crippen LogP contribution in [0.5, 0.6) is 0 Å². The van der Waals surface area contributed by atoms with Crippen molar-refractivity contribution in [1.29, 1.82) is 0 Å². The Kier molecular flexibility index (Phi) is 12.8. The minimum Gasteiger partial charge on any atom is -0.385 e. The second kappa shape index (κ2) is 16.6. The number of aromatic amines is 1. The molecule has 0 unspecified atom stereocenters. The number of aromatic nitrogens is 2. The second-order valence-electron chi connectivity index (χ2n) is 10.0. The Bertz CT molecular complexity index is 1140. The van der Waals surface area contributed by atoms with Crippen LogP contribution in [-0.2, 0) is 17.6 Å². The highest BCUT2D eigenvalue weighted by atomic mass is 16.5. The topological polar surface area (TPSA) is 104 Å². The van der Waals surface area contributed by atoms with E-state index >= 15 is 0 Å². The predicted octanol–water partition coefficient (Wildman–Crippen LogP) is 6.04. The molecule has 40 heavy (non-hydrogen) atoms. The molecule has 4 rings (SSSR count). The maximum Gasteiger partial charge on any atom is 0.149 e. The first kappa shape index (κ1) is 31.0. The number of amidine groups is 1. The monoisotopic (exact) mass is 547 g/mol. The number of H-pyrrole nitrogens is 1. The molecule has 2 aromatic heterocycles. The van der Waals surface area contributed by atoms with Crippen LogP contribution in [0.25, 0.3) is 5.70 Å². The fraction of sp³-hybridized carbons (Fsp3) is 0.500. The molecule has 2 aromatic rings. The average Bonchev–Trinajstić information content (AvgIpc) is 3.41. The van der Waals surface area contributed by atoms with E-state index in [1.807, 2.05) is 45.3 Å². The van der Waals surface area contributed by atoms with Gasteiger partial charge in [0.1, 0.15) is 24.1 Å². The first-order valence-corrected chi connectivity index (χ1v) is 14.9. The molecular formula is C32H49N7O. The summed E-state index contributed by atoms with van der Waals surface area (Å²) in [7, 11) is 1.96. The lowest BCUT2D eigenvalue weighted by Crippen LogP contribution is -2.37. The molecule has 5 N–H and O–H groups in total. The number of nitrogens with zero attached hydrogens (tertiary/aromatic N) is 3. The van der Waals surface area contributed by atoms with E-state index in [0.717, 1.165) is 48.9 Å². The quantitative estimate of drug-likeness (QED) is 0.147. The molecule has 0 saturated heterocycles. The van der Waals surface area contributed by atoms with E-state index in [-0.39, 0.29) is 0 Å². The number of allylic oxidation sites excluding steroid dienone is 2. The lowest BCUT2D eigenvalue weighted by molar-refractivity contribution is 0.0871. The molecule has 8 heteroatoms. The summed E-state index contributed by atoms with van der Waals surface area (Å²) in [5, 5.41) is 6.64. The van der Waals surface area contributed by atoms with Gasteiger partial charge in [0.25, 0.3) is 0 Å². The largest absolute Gasteiger partial charge is 0.385 e. The molecule has 0 radical (unpaired) electrons. The Hall–Kier alpha value is -3.52. The van der Waals surface area contributed by atoms with E-state index in [1.165, 1.54) is 36.9 Å². The molecule has 3 heterocycles. The van der Waals surface area contributed by atoms with E-state index < -0.39 is 0 Å². The van der Waals surface area contributed by atoms with Crippen LogP contribution in [-0.4, -0.2) is 47.6 Å². The molecule has 1 saturated carbocycles. The van der Waals surface area contributed by atoms with Crippen LogP contribution in [0.1, 0.15) is 70.3 Å². The van der Waals surface area contributed by atoms with E-state index in [2.05, 4.69) is 68.8 Å². The molecule has 0 amide bonds. The van der Waals surface area contributed by atoms with Crippen molar-refractivity contribution in [3.05, 3.63) is 77.7 Å². The fourth-order valence-corrected chi connectivity index (χ4v) is 5.37. The third-order valence-electron chi connectivity index (χ3n) is 7.47. The number of aliphatic imine (C=N–C) groups is 1.